The van der Waals surface area contributed by atoms with Crippen molar-refractivity contribution in [2.24, 2.45) is 0 Å². The van der Waals surface area contributed by atoms with Gasteiger partial charge in [0, 0.05) is 6.54 Å². The van der Waals surface area contributed by atoms with Gasteiger partial charge >= 0.3 is 0 Å². The van der Waals surface area contributed by atoms with E-state index in [0.29, 0.717) is 5.69 Å². The van der Waals surface area contributed by atoms with Crippen LogP contribution in [0.1, 0.15) is 18.9 Å². The molecule has 1 rings (SSSR count). The molecular weight excluding hydrogens is 200 g/mol. The maximum absolute atomic E-state index is 5.86. The van der Waals surface area contributed by atoms with E-state index in [9.17, 15) is 0 Å². The third-order valence-corrected chi connectivity index (χ3v) is 2.48. The summed E-state index contributed by atoms with van der Waals surface area (Å²) in [5.41, 5.74) is 7.74. The average Bonchev–Trinajstić information content (AvgIpc) is 2.20. The van der Waals surface area contributed by atoms with Gasteiger partial charge in [0.2, 0.25) is 0 Å². The molecule has 0 aliphatic rings. The normalized spacial score (nSPS) is 12.8. The Bertz CT molecular complexity index is 337. The van der Waals surface area contributed by atoms with Crippen LogP contribution in [0.4, 0.5) is 5.69 Å². The standard InChI is InChI=1S/C13H22N2O/c1-10-5-6-12(14)13(9-10)16-11(2)7-8-15(3)4/h5-6,9,11H,7-8,14H2,1-4H3. The molecule has 0 amide bonds. The molecule has 0 bridgehead atoms. The molecule has 0 aliphatic carbocycles. The van der Waals surface area contributed by atoms with Crippen LogP contribution in [0, 0.1) is 6.92 Å². The number of hydrogen-bond acceptors (Lipinski definition) is 3. The lowest BCUT2D eigenvalue weighted by molar-refractivity contribution is 0.195. The van der Waals surface area contributed by atoms with Crippen molar-refractivity contribution in [2.75, 3.05) is 26.4 Å². The number of hydrogen-bond donors (Lipinski definition) is 1. The Hall–Kier alpha value is -1.22. The number of nitrogen functional groups attached to an aromatic ring is 1. The molecular formula is C13H22N2O. The van der Waals surface area contributed by atoms with Crippen LogP contribution >= 0.6 is 0 Å². The summed E-state index contributed by atoms with van der Waals surface area (Å²) in [6, 6.07) is 5.87. The van der Waals surface area contributed by atoms with E-state index in [1.165, 1.54) is 5.56 Å². The number of benzene rings is 1. The second-order valence-electron chi connectivity index (χ2n) is 4.56. The zero-order valence-corrected chi connectivity index (χ0v) is 10.7. The van der Waals surface area contributed by atoms with Crippen LogP contribution in [0.25, 0.3) is 0 Å². The van der Waals surface area contributed by atoms with E-state index in [1.54, 1.807) is 0 Å². The summed E-state index contributed by atoms with van der Waals surface area (Å²) >= 11 is 0. The fourth-order valence-corrected chi connectivity index (χ4v) is 1.46. The van der Waals surface area contributed by atoms with Gasteiger partial charge in [-0.25, -0.2) is 0 Å². The van der Waals surface area contributed by atoms with Gasteiger partial charge in [-0.2, -0.15) is 0 Å². The predicted molar refractivity (Wildman–Crippen MR) is 68.9 cm³/mol. The number of rotatable bonds is 5. The Morgan fingerprint density at radius 2 is 2.06 bits per heavy atom. The summed E-state index contributed by atoms with van der Waals surface area (Å²) in [7, 11) is 4.13. The van der Waals surface area contributed by atoms with E-state index in [0.717, 1.165) is 18.7 Å². The summed E-state index contributed by atoms with van der Waals surface area (Å²) in [5.74, 6) is 0.797. The van der Waals surface area contributed by atoms with Crippen LogP contribution in [0.5, 0.6) is 5.75 Å². The number of ether oxygens (including phenoxy) is 1. The number of anilines is 1. The van der Waals surface area contributed by atoms with Crippen molar-refractivity contribution >= 4 is 5.69 Å². The molecule has 3 heteroatoms. The van der Waals surface area contributed by atoms with E-state index in [4.69, 9.17) is 10.5 Å². The van der Waals surface area contributed by atoms with Gasteiger partial charge in [0.05, 0.1) is 11.8 Å². The minimum atomic E-state index is 0.187. The smallest absolute Gasteiger partial charge is 0.142 e. The molecule has 16 heavy (non-hydrogen) atoms. The molecule has 0 aliphatic heterocycles. The summed E-state index contributed by atoms with van der Waals surface area (Å²) in [4.78, 5) is 2.15. The average molecular weight is 222 g/mol. The molecule has 0 saturated carbocycles. The quantitative estimate of drug-likeness (QED) is 0.777. The van der Waals surface area contributed by atoms with E-state index < -0.39 is 0 Å². The molecule has 1 aromatic carbocycles. The molecule has 1 atom stereocenters. The fourth-order valence-electron chi connectivity index (χ4n) is 1.46. The van der Waals surface area contributed by atoms with Crippen LogP contribution in [0.15, 0.2) is 18.2 Å². The van der Waals surface area contributed by atoms with Gasteiger partial charge in [-0.3, -0.25) is 0 Å². The van der Waals surface area contributed by atoms with Crippen LogP contribution in [0.2, 0.25) is 0 Å². The molecule has 0 radical (unpaired) electrons. The summed E-state index contributed by atoms with van der Waals surface area (Å²) < 4.78 is 5.82. The van der Waals surface area contributed by atoms with Crippen molar-refractivity contribution in [3.63, 3.8) is 0 Å². The highest BCUT2D eigenvalue weighted by atomic mass is 16.5. The van der Waals surface area contributed by atoms with Crippen molar-refractivity contribution in [3.05, 3.63) is 23.8 Å². The SMILES string of the molecule is Cc1ccc(N)c(OC(C)CCN(C)C)c1. The largest absolute Gasteiger partial charge is 0.489 e. The van der Waals surface area contributed by atoms with Crippen molar-refractivity contribution in [1.29, 1.82) is 0 Å². The molecule has 2 N–H and O–H groups in total. The fraction of sp³-hybridized carbons (Fsp3) is 0.538. The molecule has 1 aromatic rings. The Balaban J connectivity index is 2.55. The molecule has 0 heterocycles. The van der Waals surface area contributed by atoms with Crippen LogP contribution in [0.3, 0.4) is 0 Å². The molecule has 1 unspecified atom stereocenters. The molecule has 0 spiro atoms. The summed E-state index contributed by atoms with van der Waals surface area (Å²) in [6.07, 6.45) is 1.19. The van der Waals surface area contributed by atoms with Crippen LogP contribution < -0.4 is 10.5 Å². The zero-order chi connectivity index (χ0) is 12.1. The first-order chi connectivity index (χ1) is 7.49. The third-order valence-electron chi connectivity index (χ3n) is 2.48. The predicted octanol–water partition coefficient (Wildman–Crippen LogP) is 2.30. The highest BCUT2D eigenvalue weighted by molar-refractivity contribution is 5.53. The maximum atomic E-state index is 5.86. The molecule has 3 nitrogen and oxygen atoms in total. The van der Waals surface area contributed by atoms with Crippen LogP contribution in [-0.2, 0) is 0 Å². The highest BCUT2D eigenvalue weighted by Crippen LogP contribution is 2.24. The molecule has 0 fully saturated rings. The van der Waals surface area contributed by atoms with Crippen molar-refractivity contribution in [3.8, 4) is 5.75 Å². The number of aryl methyl sites for hydroxylation is 1. The Labute approximate surface area is 98.2 Å². The van der Waals surface area contributed by atoms with Crippen molar-refractivity contribution in [1.82, 2.24) is 4.90 Å². The lowest BCUT2D eigenvalue weighted by atomic mass is 10.2. The second kappa shape index (κ2) is 5.75. The van der Waals surface area contributed by atoms with Crippen LogP contribution in [-0.4, -0.2) is 31.6 Å². The van der Waals surface area contributed by atoms with Gasteiger partial charge in [0.1, 0.15) is 5.75 Å². The van der Waals surface area contributed by atoms with E-state index in [1.807, 2.05) is 25.1 Å². The Morgan fingerprint density at radius 1 is 1.38 bits per heavy atom. The van der Waals surface area contributed by atoms with E-state index in [2.05, 4.69) is 25.9 Å². The number of nitrogens with two attached hydrogens (primary N) is 1. The van der Waals surface area contributed by atoms with Gasteiger partial charge in [-0.15, -0.1) is 0 Å². The lowest BCUT2D eigenvalue weighted by Gasteiger charge is -2.18. The molecule has 0 saturated heterocycles. The lowest BCUT2D eigenvalue weighted by Crippen LogP contribution is -2.21. The second-order valence-corrected chi connectivity index (χ2v) is 4.56. The Morgan fingerprint density at radius 3 is 2.69 bits per heavy atom. The monoisotopic (exact) mass is 222 g/mol. The highest BCUT2D eigenvalue weighted by Gasteiger charge is 2.07. The van der Waals surface area contributed by atoms with Gasteiger partial charge in [-0.05, 0) is 52.1 Å². The summed E-state index contributed by atoms with van der Waals surface area (Å²) in [6.45, 7) is 5.13. The maximum Gasteiger partial charge on any atom is 0.142 e. The first-order valence-electron chi connectivity index (χ1n) is 5.66. The zero-order valence-electron chi connectivity index (χ0n) is 10.7. The van der Waals surface area contributed by atoms with Crippen molar-refractivity contribution < 1.29 is 4.74 Å². The first-order valence-corrected chi connectivity index (χ1v) is 5.66. The third kappa shape index (κ3) is 4.11. The minimum Gasteiger partial charge on any atom is -0.489 e. The van der Waals surface area contributed by atoms with E-state index >= 15 is 0 Å². The molecule has 0 aromatic heterocycles. The minimum absolute atomic E-state index is 0.187. The van der Waals surface area contributed by atoms with Gasteiger partial charge in [-0.1, -0.05) is 6.07 Å². The number of nitrogens with zero attached hydrogens (tertiary/aromatic N) is 1. The van der Waals surface area contributed by atoms with Crippen molar-refractivity contribution in [2.45, 2.75) is 26.4 Å². The first kappa shape index (κ1) is 12.8. The van der Waals surface area contributed by atoms with Gasteiger partial charge < -0.3 is 15.4 Å². The Kier molecular flexibility index (Phi) is 4.62. The van der Waals surface area contributed by atoms with Gasteiger partial charge in [0.15, 0.2) is 0 Å². The van der Waals surface area contributed by atoms with Gasteiger partial charge in [0.25, 0.3) is 0 Å². The molecule has 90 valence electrons. The topological polar surface area (TPSA) is 38.5 Å². The summed E-state index contributed by atoms with van der Waals surface area (Å²) in [5, 5.41) is 0. The van der Waals surface area contributed by atoms with E-state index in [-0.39, 0.29) is 6.10 Å².